The van der Waals surface area contributed by atoms with Crippen molar-refractivity contribution in [2.24, 2.45) is 0 Å². The van der Waals surface area contributed by atoms with E-state index in [1.54, 1.807) is 6.07 Å². The molecule has 1 N–H and O–H groups in total. The highest BCUT2D eigenvalue weighted by Gasteiger charge is 2.28. The summed E-state index contributed by atoms with van der Waals surface area (Å²) in [5.41, 5.74) is 4.53. The average molecular weight is 435 g/mol. The molecule has 1 amide bonds. The first kappa shape index (κ1) is 20.6. The van der Waals surface area contributed by atoms with E-state index in [-0.39, 0.29) is 24.6 Å². The Bertz CT molecular complexity index is 1260. The molecule has 5 nitrogen and oxygen atoms in total. The topological polar surface area (TPSA) is 72.5 Å². The number of amides is 1. The van der Waals surface area contributed by atoms with Crippen LogP contribution in [0.15, 0.2) is 77.7 Å². The fourth-order valence-electron chi connectivity index (χ4n) is 3.69. The zero-order valence-electron chi connectivity index (χ0n) is 16.3. The largest absolute Gasteiger partial charge is 0.449 e. The van der Waals surface area contributed by atoms with Gasteiger partial charge in [0.05, 0.1) is 6.54 Å². The maximum absolute atomic E-state index is 13.3. The summed E-state index contributed by atoms with van der Waals surface area (Å²) in [5.74, 6) is 5.12. The van der Waals surface area contributed by atoms with E-state index < -0.39 is 21.2 Å². The second-order valence-corrected chi connectivity index (χ2v) is 8.23. The lowest BCUT2D eigenvalue weighted by molar-refractivity contribution is 0.144. The van der Waals surface area contributed by atoms with Crippen LogP contribution in [0.4, 0.5) is 8.68 Å². The lowest BCUT2D eigenvalue weighted by Gasteiger charge is -2.14. The first-order valence-electron chi connectivity index (χ1n) is 9.56. The number of nitrogens with one attached hydrogen (secondary N) is 1. The highest BCUT2D eigenvalue weighted by atomic mass is 32.3. The molecule has 0 radical (unpaired) electrons. The number of alkyl carbamates (subject to hydrolysis) is 1. The van der Waals surface area contributed by atoms with Crippen molar-refractivity contribution in [2.75, 3.05) is 13.2 Å². The van der Waals surface area contributed by atoms with Gasteiger partial charge in [-0.3, -0.25) is 0 Å². The maximum atomic E-state index is 13.3. The Morgan fingerprint density at radius 1 is 0.935 bits per heavy atom. The van der Waals surface area contributed by atoms with Crippen LogP contribution in [-0.2, 0) is 15.0 Å². The van der Waals surface area contributed by atoms with Crippen LogP contribution in [0, 0.1) is 11.8 Å². The third-order valence-electron chi connectivity index (χ3n) is 5.04. The average Bonchev–Trinajstić information content (AvgIpc) is 3.09. The number of hydrogen-bond acceptors (Lipinski definition) is 4. The van der Waals surface area contributed by atoms with Gasteiger partial charge in [-0.05, 0) is 34.4 Å². The standard InChI is InChI=1S/C24H18FNO4S/c25-31(28,29)23-14-6-1-8-17(23)9-7-15-26-24(27)30-16-22-20-12-4-2-10-18(20)19-11-3-5-13-21(19)22/h1-6,8,10-14,22H,15-16H2,(H,26,27). The minimum Gasteiger partial charge on any atom is -0.449 e. The van der Waals surface area contributed by atoms with Crippen LogP contribution in [0.1, 0.15) is 22.6 Å². The Labute approximate surface area is 180 Å². The molecule has 7 heteroatoms. The van der Waals surface area contributed by atoms with Gasteiger partial charge in [0.25, 0.3) is 0 Å². The van der Waals surface area contributed by atoms with E-state index in [1.165, 1.54) is 12.1 Å². The normalized spacial score (nSPS) is 12.3. The lowest BCUT2D eigenvalue weighted by atomic mass is 9.98. The molecule has 0 saturated heterocycles. The highest BCUT2D eigenvalue weighted by molar-refractivity contribution is 7.86. The summed E-state index contributed by atoms with van der Waals surface area (Å²) < 4.78 is 41.0. The first-order valence-corrected chi connectivity index (χ1v) is 10.9. The number of halogens is 1. The van der Waals surface area contributed by atoms with Gasteiger partial charge in [-0.2, -0.15) is 8.42 Å². The highest BCUT2D eigenvalue weighted by Crippen LogP contribution is 2.44. The third kappa shape index (κ3) is 4.44. The minimum atomic E-state index is -4.87. The molecule has 0 bridgehead atoms. The molecule has 3 aromatic carbocycles. The lowest BCUT2D eigenvalue weighted by Crippen LogP contribution is -2.26. The predicted molar refractivity (Wildman–Crippen MR) is 115 cm³/mol. The van der Waals surface area contributed by atoms with Crippen molar-refractivity contribution >= 4 is 16.3 Å². The molecule has 0 atom stereocenters. The Morgan fingerprint density at radius 2 is 1.52 bits per heavy atom. The molecule has 156 valence electrons. The van der Waals surface area contributed by atoms with Crippen LogP contribution in [0.25, 0.3) is 11.1 Å². The molecule has 3 aromatic rings. The third-order valence-corrected chi connectivity index (χ3v) is 5.92. The molecule has 31 heavy (non-hydrogen) atoms. The molecular formula is C24H18FNO4S. The second kappa shape index (κ2) is 8.62. The van der Waals surface area contributed by atoms with E-state index in [0.29, 0.717) is 0 Å². The van der Waals surface area contributed by atoms with Crippen molar-refractivity contribution in [2.45, 2.75) is 10.8 Å². The molecule has 0 aliphatic heterocycles. The summed E-state index contributed by atoms with van der Waals surface area (Å²) in [7, 11) is -4.87. The van der Waals surface area contributed by atoms with Gasteiger partial charge in [-0.25, -0.2) is 4.79 Å². The van der Waals surface area contributed by atoms with Crippen LogP contribution < -0.4 is 5.32 Å². The van der Waals surface area contributed by atoms with Gasteiger partial charge in [-0.15, -0.1) is 3.89 Å². The number of carbonyl (C=O) groups is 1. The van der Waals surface area contributed by atoms with Crippen LogP contribution in [0.2, 0.25) is 0 Å². The molecule has 4 rings (SSSR count). The molecular weight excluding hydrogens is 417 g/mol. The molecule has 0 aromatic heterocycles. The summed E-state index contributed by atoms with van der Waals surface area (Å²) in [4.78, 5) is 11.6. The van der Waals surface area contributed by atoms with Crippen LogP contribution in [0.5, 0.6) is 0 Å². The SMILES string of the molecule is O=C(NCC#Cc1ccccc1S(=O)(=O)F)OCC1c2ccccc2-c2ccccc21. The molecule has 0 unspecified atom stereocenters. The number of benzene rings is 3. The smallest absolute Gasteiger partial charge is 0.407 e. The Kier molecular flexibility index (Phi) is 5.74. The van der Waals surface area contributed by atoms with Crippen molar-refractivity contribution in [1.29, 1.82) is 0 Å². The van der Waals surface area contributed by atoms with E-state index >= 15 is 0 Å². The Balaban J connectivity index is 1.37. The molecule has 1 aliphatic rings. The number of hydrogen-bond donors (Lipinski definition) is 1. The second-order valence-electron chi connectivity index (χ2n) is 6.91. The van der Waals surface area contributed by atoms with Crippen molar-refractivity contribution in [3.63, 3.8) is 0 Å². The Hall–Kier alpha value is -3.63. The van der Waals surface area contributed by atoms with Crippen LogP contribution >= 0.6 is 0 Å². The number of carbonyl (C=O) groups excluding carboxylic acids is 1. The number of rotatable bonds is 4. The number of fused-ring (bicyclic) bond motifs is 3. The first-order chi connectivity index (χ1) is 14.9. The quantitative estimate of drug-likeness (QED) is 0.492. The van der Waals surface area contributed by atoms with Gasteiger partial charge >= 0.3 is 16.3 Å². The van der Waals surface area contributed by atoms with Gasteiger partial charge < -0.3 is 10.1 Å². The van der Waals surface area contributed by atoms with Crippen molar-refractivity contribution in [3.8, 4) is 23.0 Å². The van der Waals surface area contributed by atoms with Crippen molar-refractivity contribution in [3.05, 3.63) is 89.5 Å². The number of ether oxygens (including phenoxy) is 1. The molecule has 0 saturated carbocycles. The molecule has 0 fully saturated rings. The minimum absolute atomic E-state index is 0.0272. The van der Waals surface area contributed by atoms with E-state index in [1.807, 2.05) is 36.4 Å². The zero-order chi connectivity index (χ0) is 21.8. The van der Waals surface area contributed by atoms with Crippen molar-refractivity contribution < 1.29 is 21.8 Å². The van der Waals surface area contributed by atoms with Gasteiger partial charge in [0.15, 0.2) is 0 Å². The van der Waals surface area contributed by atoms with Gasteiger partial charge in [0.1, 0.15) is 11.5 Å². The van der Waals surface area contributed by atoms with Gasteiger partial charge in [-0.1, -0.05) is 72.5 Å². The van der Waals surface area contributed by atoms with E-state index in [9.17, 15) is 17.1 Å². The van der Waals surface area contributed by atoms with Gasteiger partial charge in [0.2, 0.25) is 0 Å². The van der Waals surface area contributed by atoms with Crippen molar-refractivity contribution in [1.82, 2.24) is 5.32 Å². The van der Waals surface area contributed by atoms with Crippen LogP contribution in [-0.4, -0.2) is 27.7 Å². The zero-order valence-corrected chi connectivity index (χ0v) is 17.2. The monoisotopic (exact) mass is 435 g/mol. The molecule has 0 spiro atoms. The summed E-state index contributed by atoms with van der Waals surface area (Å²) >= 11 is 0. The fourth-order valence-corrected chi connectivity index (χ4v) is 4.31. The van der Waals surface area contributed by atoms with Gasteiger partial charge in [0, 0.05) is 11.5 Å². The fraction of sp³-hybridized carbons (Fsp3) is 0.125. The van der Waals surface area contributed by atoms with E-state index in [0.717, 1.165) is 28.3 Å². The predicted octanol–water partition coefficient (Wildman–Crippen LogP) is 4.24. The summed E-state index contributed by atoms with van der Waals surface area (Å²) in [6.45, 7) is 0.105. The maximum Gasteiger partial charge on any atom is 0.407 e. The molecule has 1 aliphatic carbocycles. The molecule has 0 heterocycles. The van der Waals surface area contributed by atoms with E-state index in [2.05, 4.69) is 29.3 Å². The summed E-state index contributed by atoms with van der Waals surface area (Å²) in [6, 6.07) is 21.6. The van der Waals surface area contributed by atoms with Crippen LogP contribution in [0.3, 0.4) is 0 Å². The van der Waals surface area contributed by atoms with E-state index in [4.69, 9.17) is 4.74 Å². The Morgan fingerprint density at radius 3 is 2.16 bits per heavy atom. The summed E-state index contributed by atoms with van der Waals surface area (Å²) in [5, 5.41) is 2.51. The summed E-state index contributed by atoms with van der Waals surface area (Å²) in [6.07, 6.45) is -0.637.